The molecule has 0 bridgehead atoms. The van der Waals surface area contributed by atoms with Crippen LogP contribution in [0.15, 0.2) is 4.99 Å². The molecule has 0 aliphatic carbocycles. The van der Waals surface area contributed by atoms with E-state index in [9.17, 15) is 4.79 Å². The number of nitrogens with one attached hydrogen (secondary N) is 1. The number of carbonyl (C=O) groups excluding carboxylic acids is 1. The molecule has 1 aliphatic heterocycles. The number of carbonyl (C=O) groups is 1. The van der Waals surface area contributed by atoms with E-state index in [0.29, 0.717) is 6.54 Å². The maximum absolute atomic E-state index is 11.6. The zero-order chi connectivity index (χ0) is 17.5. The molecule has 1 fully saturated rings. The monoisotopic (exact) mass is 327 g/mol. The van der Waals surface area contributed by atoms with Crippen LogP contribution in [0.5, 0.6) is 0 Å². The van der Waals surface area contributed by atoms with Crippen molar-refractivity contribution in [3.05, 3.63) is 0 Å². The zero-order valence-corrected chi connectivity index (χ0v) is 15.5. The number of methoxy groups -OCH3 is 2. The van der Waals surface area contributed by atoms with Crippen LogP contribution in [0.4, 0.5) is 0 Å². The van der Waals surface area contributed by atoms with Gasteiger partial charge in [-0.15, -0.1) is 0 Å². The lowest BCUT2D eigenvalue weighted by atomic mass is 9.89. The van der Waals surface area contributed by atoms with E-state index in [1.54, 1.807) is 7.11 Å². The van der Waals surface area contributed by atoms with Crippen LogP contribution in [0.25, 0.3) is 0 Å². The Morgan fingerprint density at radius 1 is 1.30 bits per heavy atom. The number of nitrogens with zero attached hydrogens (tertiary/aromatic N) is 2. The van der Waals surface area contributed by atoms with E-state index in [1.807, 2.05) is 0 Å². The van der Waals surface area contributed by atoms with Crippen LogP contribution in [0, 0.1) is 11.3 Å². The third-order valence-electron chi connectivity index (χ3n) is 4.32. The van der Waals surface area contributed by atoms with Crippen molar-refractivity contribution >= 4 is 11.9 Å². The van der Waals surface area contributed by atoms with Gasteiger partial charge in [-0.1, -0.05) is 20.8 Å². The van der Waals surface area contributed by atoms with Crippen molar-refractivity contribution in [1.82, 2.24) is 10.2 Å². The van der Waals surface area contributed by atoms with Gasteiger partial charge in [0.1, 0.15) is 0 Å². The maximum Gasteiger partial charge on any atom is 0.308 e. The van der Waals surface area contributed by atoms with E-state index in [-0.39, 0.29) is 23.4 Å². The first-order valence-electron chi connectivity index (χ1n) is 8.47. The molecule has 0 spiro atoms. The van der Waals surface area contributed by atoms with Gasteiger partial charge in [0.05, 0.1) is 25.7 Å². The average molecular weight is 327 g/mol. The van der Waals surface area contributed by atoms with Crippen molar-refractivity contribution in [2.45, 2.75) is 46.6 Å². The lowest BCUT2D eigenvalue weighted by Gasteiger charge is -2.34. The SMILES string of the molecule is CCNC(=NCC(OC)C(C)(C)C)N1CCC(C(=O)OC)CC1. The second-order valence-corrected chi connectivity index (χ2v) is 7.07. The van der Waals surface area contributed by atoms with Crippen molar-refractivity contribution < 1.29 is 14.3 Å². The van der Waals surface area contributed by atoms with Crippen molar-refractivity contribution in [1.29, 1.82) is 0 Å². The van der Waals surface area contributed by atoms with Gasteiger partial charge in [-0.2, -0.15) is 0 Å². The number of hydrogen-bond acceptors (Lipinski definition) is 4. The summed E-state index contributed by atoms with van der Waals surface area (Å²) in [6.45, 7) is 11.6. The molecule has 6 nitrogen and oxygen atoms in total. The second-order valence-electron chi connectivity index (χ2n) is 7.07. The highest BCUT2D eigenvalue weighted by Gasteiger charge is 2.28. The van der Waals surface area contributed by atoms with Crippen molar-refractivity contribution in [2.24, 2.45) is 16.3 Å². The van der Waals surface area contributed by atoms with Crippen LogP contribution >= 0.6 is 0 Å². The summed E-state index contributed by atoms with van der Waals surface area (Å²) in [5.41, 5.74) is 0.0491. The Hall–Kier alpha value is -1.30. The highest BCUT2D eigenvalue weighted by molar-refractivity contribution is 5.80. The minimum Gasteiger partial charge on any atom is -0.469 e. The van der Waals surface area contributed by atoms with Crippen LogP contribution < -0.4 is 5.32 Å². The first-order chi connectivity index (χ1) is 10.8. The van der Waals surface area contributed by atoms with Crippen molar-refractivity contribution in [3.8, 4) is 0 Å². The Morgan fingerprint density at radius 2 is 1.91 bits per heavy atom. The standard InChI is InChI=1S/C17H33N3O3/c1-7-18-16(19-12-14(22-5)17(2,3)4)20-10-8-13(9-11-20)15(21)23-6/h13-14H,7-12H2,1-6H3,(H,18,19). The van der Waals surface area contributed by atoms with Gasteiger partial charge in [0.25, 0.3) is 0 Å². The van der Waals surface area contributed by atoms with Crippen molar-refractivity contribution in [2.75, 3.05) is 40.4 Å². The fourth-order valence-electron chi connectivity index (χ4n) is 2.79. The third kappa shape index (κ3) is 6.01. The Labute approximate surface area is 140 Å². The van der Waals surface area contributed by atoms with Gasteiger partial charge >= 0.3 is 5.97 Å². The third-order valence-corrected chi connectivity index (χ3v) is 4.32. The van der Waals surface area contributed by atoms with Gasteiger partial charge in [-0.05, 0) is 25.2 Å². The van der Waals surface area contributed by atoms with E-state index in [4.69, 9.17) is 14.5 Å². The molecule has 0 radical (unpaired) electrons. The fourth-order valence-corrected chi connectivity index (χ4v) is 2.79. The van der Waals surface area contributed by atoms with Crippen LogP contribution in [0.3, 0.4) is 0 Å². The number of aliphatic imine (C=N–C) groups is 1. The summed E-state index contributed by atoms with van der Waals surface area (Å²) in [7, 11) is 3.19. The maximum atomic E-state index is 11.6. The molecule has 0 aromatic heterocycles. The molecule has 0 saturated carbocycles. The van der Waals surface area contributed by atoms with Gasteiger partial charge in [-0.3, -0.25) is 9.79 Å². The van der Waals surface area contributed by atoms with Crippen LogP contribution in [0.2, 0.25) is 0 Å². The number of guanidine groups is 1. The van der Waals surface area contributed by atoms with E-state index >= 15 is 0 Å². The number of piperidine rings is 1. The highest BCUT2D eigenvalue weighted by atomic mass is 16.5. The molecule has 0 amide bonds. The predicted octanol–water partition coefficient (Wildman–Crippen LogP) is 1.90. The minimum atomic E-state index is -0.0984. The fraction of sp³-hybridized carbons (Fsp3) is 0.882. The molecular formula is C17H33N3O3. The topological polar surface area (TPSA) is 63.2 Å². The molecule has 6 heteroatoms. The first-order valence-corrected chi connectivity index (χ1v) is 8.47. The Bertz CT molecular complexity index is 396. The molecule has 134 valence electrons. The number of ether oxygens (including phenoxy) is 2. The van der Waals surface area contributed by atoms with E-state index in [2.05, 4.69) is 37.9 Å². The predicted molar refractivity (Wildman–Crippen MR) is 92.5 cm³/mol. The second kappa shape index (κ2) is 9.11. The lowest BCUT2D eigenvalue weighted by molar-refractivity contribution is -0.146. The molecule has 1 atom stereocenters. The molecule has 1 unspecified atom stereocenters. The minimum absolute atomic E-state index is 0.0143. The Morgan fingerprint density at radius 3 is 2.35 bits per heavy atom. The van der Waals surface area contributed by atoms with Gasteiger partial charge in [0.15, 0.2) is 5.96 Å². The van der Waals surface area contributed by atoms with Crippen LogP contribution in [-0.4, -0.2) is 63.3 Å². The quantitative estimate of drug-likeness (QED) is 0.475. The highest BCUT2D eigenvalue weighted by Crippen LogP contribution is 2.22. The summed E-state index contributed by atoms with van der Waals surface area (Å²) >= 11 is 0. The van der Waals surface area contributed by atoms with Gasteiger partial charge in [0, 0.05) is 26.7 Å². The van der Waals surface area contributed by atoms with Crippen LogP contribution in [-0.2, 0) is 14.3 Å². The summed E-state index contributed by atoms with van der Waals surface area (Å²) in [4.78, 5) is 18.6. The van der Waals surface area contributed by atoms with Gasteiger partial charge < -0.3 is 19.7 Å². The number of esters is 1. The number of hydrogen-bond donors (Lipinski definition) is 1. The largest absolute Gasteiger partial charge is 0.469 e. The van der Waals surface area contributed by atoms with E-state index in [1.165, 1.54) is 7.11 Å². The number of likely N-dealkylation sites (tertiary alicyclic amines) is 1. The molecule has 1 heterocycles. The Balaban J connectivity index is 2.68. The molecule has 1 rings (SSSR count). The summed E-state index contributed by atoms with van der Waals surface area (Å²) in [5, 5.41) is 3.35. The molecule has 23 heavy (non-hydrogen) atoms. The first kappa shape index (κ1) is 19.7. The smallest absolute Gasteiger partial charge is 0.308 e. The van der Waals surface area contributed by atoms with Gasteiger partial charge in [0.2, 0.25) is 0 Å². The lowest BCUT2D eigenvalue weighted by Crippen LogP contribution is -2.47. The van der Waals surface area contributed by atoms with Gasteiger partial charge in [-0.25, -0.2) is 0 Å². The Kier molecular flexibility index (Phi) is 7.82. The van der Waals surface area contributed by atoms with Crippen LogP contribution in [0.1, 0.15) is 40.5 Å². The molecule has 1 N–H and O–H groups in total. The normalized spacial score (nSPS) is 18.7. The van der Waals surface area contributed by atoms with E-state index < -0.39 is 0 Å². The summed E-state index contributed by atoms with van der Waals surface area (Å²) in [6.07, 6.45) is 1.69. The molecule has 1 aliphatic rings. The molecule has 0 aromatic carbocycles. The van der Waals surface area contributed by atoms with E-state index in [0.717, 1.165) is 38.4 Å². The van der Waals surface area contributed by atoms with Crippen molar-refractivity contribution in [3.63, 3.8) is 0 Å². The summed E-state index contributed by atoms with van der Waals surface area (Å²) in [6, 6.07) is 0. The molecular weight excluding hydrogens is 294 g/mol. The zero-order valence-electron chi connectivity index (χ0n) is 15.5. The summed E-state index contributed by atoms with van der Waals surface area (Å²) < 4.78 is 10.4. The summed E-state index contributed by atoms with van der Waals surface area (Å²) in [5.74, 6) is 0.821. The molecule has 1 saturated heterocycles. The molecule has 0 aromatic rings. The number of rotatable bonds is 5. The average Bonchev–Trinajstić information content (AvgIpc) is 2.52.